The van der Waals surface area contributed by atoms with E-state index in [-0.39, 0.29) is 5.38 Å². The second-order valence-corrected chi connectivity index (χ2v) is 4.61. The molecule has 1 fully saturated rings. The molecule has 0 bridgehead atoms. The van der Waals surface area contributed by atoms with Crippen molar-refractivity contribution in [2.75, 3.05) is 12.9 Å². The Bertz CT molecular complexity index is 225. The molecule has 1 aliphatic heterocycles. The topological polar surface area (TPSA) is 52.6 Å². The fraction of sp³-hybridized carbons (Fsp3) is 1.00. The summed E-state index contributed by atoms with van der Waals surface area (Å²) in [4.78, 5) is 0. The van der Waals surface area contributed by atoms with Crippen LogP contribution in [0.5, 0.6) is 0 Å². The van der Waals surface area contributed by atoms with Crippen molar-refractivity contribution in [3.8, 4) is 0 Å². The van der Waals surface area contributed by atoms with E-state index in [0.29, 0.717) is 13.0 Å². The molecule has 0 spiro atoms. The number of ether oxygens (including phenoxy) is 1. The Morgan fingerprint density at radius 3 is 2.64 bits per heavy atom. The smallest absolute Gasteiger partial charge is 0.266 e. The Balaban J connectivity index is 2.41. The molecule has 0 aromatic carbocycles. The summed E-state index contributed by atoms with van der Waals surface area (Å²) < 4.78 is 30.5. The molecule has 66 valence electrons. The Hall–Kier alpha value is 0.160. The summed E-state index contributed by atoms with van der Waals surface area (Å²) in [5.74, 6) is 0. The van der Waals surface area contributed by atoms with Crippen molar-refractivity contribution in [1.82, 2.24) is 0 Å². The van der Waals surface area contributed by atoms with E-state index in [9.17, 15) is 8.42 Å². The molecule has 0 aromatic rings. The fourth-order valence-electron chi connectivity index (χ4n) is 0.819. The van der Waals surface area contributed by atoms with Crippen LogP contribution >= 0.6 is 11.6 Å². The number of halogens is 1. The number of rotatable bonds is 2. The third-order valence-corrected chi connectivity index (χ3v) is 2.06. The standard InChI is InChI=1S/C5H9ClO4S/c1-11(7,8)10-5-2-4(6)3-9-5/h4-5H,2-3H2,1H3/t4-,5-/m0/s1. The maximum Gasteiger partial charge on any atom is 0.266 e. The highest BCUT2D eigenvalue weighted by atomic mass is 35.5. The Morgan fingerprint density at radius 2 is 2.27 bits per heavy atom. The maximum atomic E-state index is 10.5. The van der Waals surface area contributed by atoms with Gasteiger partial charge in [-0.05, 0) is 0 Å². The van der Waals surface area contributed by atoms with Crippen LogP contribution in [0.15, 0.2) is 0 Å². The second-order valence-electron chi connectivity index (χ2n) is 2.40. The van der Waals surface area contributed by atoms with E-state index in [4.69, 9.17) is 16.3 Å². The summed E-state index contributed by atoms with van der Waals surface area (Å²) >= 11 is 5.64. The highest BCUT2D eigenvalue weighted by Gasteiger charge is 2.27. The van der Waals surface area contributed by atoms with Crippen molar-refractivity contribution in [3.05, 3.63) is 0 Å². The zero-order valence-electron chi connectivity index (χ0n) is 5.99. The van der Waals surface area contributed by atoms with E-state index in [1.165, 1.54) is 0 Å². The highest BCUT2D eigenvalue weighted by Crippen LogP contribution is 2.19. The lowest BCUT2D eigenvalue weighted by Crippen LogP contribution is -2.15. The molecular formula is C5H9ClO4S. The van der Waals surface area contributed by atoms with Crippen LogP contribution in [0, 0.1) is 0 Å². The summed E-state index contributed by atoms with van der Waals surface area (Å²) in [5.41, 5.74) is 0. The lowest BCUT2D eigenvalue weighted by atomic mass is 10.4. The van der Waals surface area contributed by atoms with Crippen molar-refractivity contribution in [2.24, 2.45) is 0 Å². The van der Waals surface area contributed by atoms with Gasteiger partial charge in [0.25, 0.3) is 10.1 Å². The van der Waals surface area contributed by atoms with Crippen LogP contribution in [-0.2, 0) is 19.0 Å². The van der Waals surface area contributed by atoms with Gasteiger partial charge >= 0.3 is 0 Å². The summed E-state index contributed by atoms with van der Waals surface area (Å²) in [7, 11) is -3.41. The van der Waals surface area contributed by atoms with Gasteiger partial charge in [-0.2, -0.15) is 8.42 Å². The fourth-order valence-corrected chi connectivity index (χ4v) is 1.56. The van der Waals surface area contributed by atoms with Crippen LogP contribution in [-0.4, -0.2) is 32.9 Å². The lowest BCUT2D eigenvalue weighted by Gasteiger charge is -2.06. The van der Waals surface area contributed by atoms with Crippen molar-refractivity contribution in [3.63, 3.8) is 0 Å². The molecule has 0 radical (unpaired) electrons. The van der Waals surface area contributed by atoms with E-state index in [0.717, 1.165) is 6.26 Å². The number of hydrogen-bond donors (Lipinski definition) is 0. The highest BCUT2D eigenvalue weighted by molar-refractivity contribution is 7.86. The van der Waals surface area contributed by atoms with Gasteiger partial charge in [-0.1, -0.05) is 0 Å². The number of alkyl halides is 1. The van der Waals surface area contributed by atoms with E-state index >= 15 is 0 Å². The molecule has 0 N–H and O–H groups in total. The molecule has 2 atom stereocenters. The Kier molecular flexibility index (Phi) is 2.74. The van der Waals surface area contributed by atoms with Crippen LogP contribution in [0.25, 0.3) is 0 Å². The maximum absolute atomic E-state index is 10.5. The van der Waals surface area contributed by atoms with Gasteiger partial charge in [-0.3, -0.25) is 0 Å². The molecule has 1 saturated heterocycles. The predicted molar refractivity (Wildman–Crippen MR) is 39.9 cm³/mol. The van der Waals surface area contributed by atoms with E-state index < -0.39 is 16.4 Å². The van der Waals surface area contributed by atoms with Crippen LogP contribution in [0.4, 0.5) is 0 Å². The molecule has 0 aromatic heterocycles. The first-order valence-corrected chi connectivity index (χ1v) is 5.36. The van der Waals surface area contributed by atoms with Gasteiger partial charge in [0.05, 0.1) is 18.2 Å². The van der Waals surface area contributed by atoms with Gasteiger partial charge in [0.1, 0.15) is 0 Å². The third kappa shape index (κ3) is 3.37. The first kappa shape index (κ1) is 9.25. The van der Waals surface area contributed by atoms with Gasteiger partial charge < -0.3 is 4.74 Å². The van der Waals surface area contributed by atoms with E-state index in [1.807, 2.05) is 0 Å². The quantitative estimate of drug-likeness (QED) is 0.476. The van der Waals surface area contributed by atoms with E-state index in [1.54, 1.807) is 0 Å². The molecule has 6 heteroatoms. The van der Waals surface area contributed by atoms with E-state index in [2.05, 4.69) is 4.18 Å². The molecule has 1 rings (SSSR count). The summed E-state index contributed by atoms with van der Waals surface area (Å²) in [5, 5.41) is -0.137. The van der Waals surface area contributed by atoms with Crippen LogP contribution in [0.1, 0.15) is 6.42 Å². The molecule has 1 heterocycles. The third-order valence-electron chi connectivity index (χ3n) is 1.19. The first-order valence-electron chi connectivity index (χ1n) is 3.11. The van der Waals surface area contributed by atoms with Gasteiger partial charge in [0, 0.05) is 6.42 Å². The molecule has 0 amide bonds. The first-order chi connectivity index (χ1) is 4.97. The van der Waals surface area contributed by atoms with Gasteiger partial charge in [-0.15, -0.1) is 11.6 Å². The van der Waals surface area contributed by atoms with Crippen LogP contribution in [0.2, 0.25) is 0 Å². The summed E-state index contributed by atoms with van der Waals surface area (Å²) in [6.45, 7) is 0.349. The lowest BCUT2D eigenvalue weighted by molar-refractivity contribution is -0.0338. The average molecular weight is 201 g/mol. The molecule has 1 aliphatic rings. The molecule has 0 saturated carbocycles. The zero-order valence-corrected chi connectivity index (χ0v) is 7.56. The number of hydrogen-bond acceptors (Lipinski definition) is 4. The van der Waals surface area contributed by atoms with Crippen molar-refractivity contribution in [2.45, 2.75) is 18.1 Å². The summed E-state index contributed by atoms with van der Waals surface area (Å²) in [6, 6.07) is 0. The minimum Gasteiger partial charge on any atom is -0.350 e. The minimum absolute atomic E-state index is 0.137. The van der Waals surface area contributed by atoms with Crippen molar-refractivity contribution in [1.29, 1.82) is 0 Å². The van der Waals surface area contributed by atoms with Gasteiger partial charge in [-0.25, -0.2) is 4.18 Å². The second kappa shape index (κ2) is 3.26. The monoisotopic (exact) mass is 200 g/mol. The SMILES string of the molecule is CS(=O)(=O)O[C@H]1C[C@H](Cl)CO1. The Labute approximate surface area is 70.6 Å². The van der Waals surface area contributed by atoms with Gasteiger partial charge in [0.15, 0.2) is 6.29 Å². The molecule has 0 aliphatic carbocycles. The molecular weight excluding hydrogens is 192 g/mol. The summed E-state index contributed by atoms with van der Waals surface area (Å²) in [6.07, 6.45) is 0.722. The van der Waals surface area contributed by atoms with Gasteiger partial charge in [0.2, 0.25) is 0 Å². The predicted octanol–water partition coefficient (Wildman–Crippen LogP) is 0.316. The average Bonchev–Trinajstić information content (AvgIpc) is 2.10. The zero-order chi connectivity index (χ0) is 8.48. The molecule has 4 nitrogen and oxygen atoms in total. The Morgan fingerprint density at radius 1 is 1.64 bits per heavy atom. The van der Waals surface area contributed by atoms with Crippen LogP contribution in [0.3, 0.4) is 0 Å². The molecule has 11 heavy (non-hydrogen) atoms. The normalized spacial score (nSPS) is 32.5. The minimum atomic E-state index is -3.41. The van der Waals surface area contributed by atoms with Crippen molar-refractivity contribution < 1.29 is 17.3 Å². The van der Waals surface area contributed by atoms with Crippen molar-refractivity contribution >= 4 is 21.7 Å². The van der Waals surface area contributed by atoms with Crippen LogP contribution < -0.4 is 0 Å². The largest absolute Gasteiger partial charge is 0.350 e. The molecule has 0 unspecified atom stereocenters.